The summed E-state index contributed by atoms with van der Waals surface area (Å²) in [6.45, 7) is 2.53. The smallest absolute Gasteiger partial charge is 0.226 e. The Morgan fingerprint density at radius 1 is 1.63 bits per heavy atom. The van der Waals surface area contributed by atoms with Crippen LogP contribution >= 0.6 is 11.3 Å². The van der Waals surface area contributed by atoms with E-state index < -0.39 is 0 Å². The second-order valence-electron chi connectivity index (χ2n) is 4.45. The number of carbonyl (C=O) groups excluding carboxylic acids is 1. The van der Waals surface area contributed by atoms with Gasteiger partial charge in [0, 0.05) is 23.5 Å². The van der Waals surface area contributed by atoms with Crippen molar-refractivity contribution in [1.82, 2.24) is 10.3 Å². The number of carbonyl (C=O) groups is 1. The van der Waals surface area contributed by atoms with E-state index in [2.05, 4.69) is 10.3 Å². The van der Waals surface area contributed by atoms with Crippen molar-refractivity contribution in [2.45, 2.75) is 25.8 Å². The van der Waals surface area contributed by atoms with E-state index in [0.29, 0.717) is 13.0 Å². The van der Waals surface area contributed by atoms with E-state index in [4.69, 9.17) is 10.2 Å². The molecule has 1 unspecified atom stereocenters. The fourth-order valence-electron chi connectivity index (χ4n) is 1.57. The number of nitrogens with zero attached hydrogens (tertiary/aromatic N) is 1. The van der Waals surface area contributed by atoms with Gasteiger partial charge >= 0.3 is 0 Å². The molecular formula is C13H17N3O2S. The summed E-state index contributed by atoms with van der Waals surface area (Å²) in [6.07, 6.45) is 4.33. The summed E-state index contributed by atoms with van der Waals surface area (Å²) in [7, 11) is 0. The van der Waals surface area contributed by atoms with E-state index in [1.165, 1.54) is 11.3 Å². The molecule has 0 spiro atoms. The van der Waals surface area contributed by atoms with Gasteiger partial charge in [-0.3, -0.25) is 4.79 Å². The zero-order valence-corrected chi connectivity index (χ0v) is 11.6. The summed E-state index contributed by atoms with van der Waals surface area (Å²) < 4.78 is 5.01. The molecule has 2 rings (SSSR count). The maximum atomic E-state index is 11.7. The molecule has 2 aromatic rings. The first kappa shape index (κ1) is 13.8. The lowest BCUT2D eigenvalue weighted by Crippen LogP contribution is -2.30. The predicted molar refractivity (Wildman–Crippen MR) is 74.8 cm³/mol. The Bertz CT molecular complexity index is 520. The number of amides is 1. The Labute approximate surface area is 115 Å². The molecule has 2 aromatic heterocycles. The first-order valence-electron chi connectivity index (χ1n) is 6.14. The van der Waals surface area contributed by atoms with Crippen molar-refractivity contribution in [2.24, 2.45) is 5.73 Å². The maximum Gasteiger partial charge on any atom is 0.226 e. The molecule has 0 aliphatic heterocycles. The Kier molecular flexibility index (Phi) is 4.70. The van der Waals surface area contributed by atoms with E-state index in [1.54, 1.807) is 12.5 Å². The molecule has 0 saturated heterocycles. The number of hydrogen-bond donors (Lipinski definition) is 2. The molecule has 0 bridgehead atoms. The molecule has 0 aliphatic carbocycles. The molecule has 3 N–H and O–H groups in total. The van der Waals surface area contributed by atoms with Gasteiger partial charge in [0.15, 0.2) is 0 Å². The summed E-state index contributed by atoms with van der Waals surface area (Å²) in [4.78, 5) is 16.1. The second-order valence-corrected chi connectivity index (χ2v) is 5.31. The average molecular weight is 279 g/mol. The van der Waals surface area contributed by atoms with Crippen LogP contribution in [0.25, 0.3) is 10.6 Å². The lowest BCUT2D eigenvalue weighted by atomic mass is 10.2. The van der Waals surface area contributed by atoms with Crippen molar-refractivity contribution < 1.29 is 9.21 Å². The Morgan fingerprint density at radius 2 is 2.47 bits per heavy atom. The minimum absolute atomic E-state index is 0.0234. The highest BCUT2D eigenvalue weighted by atomic mass is 32.1. The molecule has 2 heterocycles. The van der Waals surface area contributed by atoms with Crippen LogP contribution in [0.2, 0.25) is 0 Å². The third kappa shape index (κ3) is 4.18. The van der Waals surface area contributed by atoms with E-state index in [9.17, 15) is 4.79 Å². The largest absolute Gasteiger partial charge is 0.472 e. The molecule has 0 aliphatic rings. The SMILES string of the molecule is CC(N)CCNC(=O)Cc1csc(-c2ccoc2)n1. The average Bonchev–Trinajstić information content (AvgIpc) is 2.97. The number of rotatable bonds is 6. The van der Waals surface area contributed by atoms with E-state index >= 15 is 0 Å². The molecule has 1 atom stereocenters. The highest BCUT2D eigenvalue weighted by molar-refractivity contribution is 7.13. The number of aromatic nitrogens is 1. The predicted octanol–water partition coefficient (Wildman–Crippen LogP) is 1.80. The zero-order valence-electron chi connectivity index (χ0n) is 10.8. The number of nitrogens with two attached hydrogens (primary N) is 1. The Balaban J connectivity index is 1.84. The van der Waals surface area contributed by atoms with Gasteiger partial charge in [0.2, 0.25) is 5.91 Å². The van der Waals surface area contributed by atoms with Gasteiger partial charge in [-0.2, -0.15) is 0 Å². The highest BCUT2D eigenvalue weighted by Crippen LogP contribution is 2.23. The molecular weight excluding hydrogens is 262 g/mol. The first-order valence-corrected chi connectivity index (χ1v) is 7.02. The highest BCUT2D eigenvalue weighted by Gasteiger charge is 2.09. The topological polar surface area (TPSA) is 81.1 Å². The molecule has 102 valence electrons. The number of hydrogen-bond acceptors (Lipinski definition) is 5. The fraction of sp³-hybridized carbons (Fsp3) is 0.385. The molecule has 0 radical (unpaired) electrons. The van der Waals surface area contributed by atoms with Gasteiger partial charge in [0.05, 0.1) is 18.4 Å². The van der Waals surface area contributed by atoms with Gasteiger partial charge in [0.1, 0.15) is 11.3 Å². The fourth-order valence-corrected chi connectivity index (χ4v) is 2.38. The second kappa shape index (κ2) is 6.49. The number of nitrogens with one attached hydrogen (secondary N) is 1. The van der Waals surface area contributed by atoms with Crippen molar-refractivity contribution in [2.75, 3.05) is 6.54 Å². The first-order chi connectivity index (χ1) is 9.15. The van der Waals surface area contributed by atoms with Crippen LogP contribution in [0.3, 0.4) is 0 Å². The summed E-state index contributed by atoms with van der Waals surface area (Å²) >= 11 is 1.51. The van der Waals surface area contributed by atoms with Gasteiger partial charge in [-0.05, 0) is 19.4 Å². The molecule has 5 nitrogen and oxygen atoms in total. The Morgan fingerprint density at radius 3 is 3.16 bits per heavy atom. The van der Waals surface area contributed by atoms with Gasteiger partial charge in [0.25, 0.3) is 0 Å². The van der Waals surface area contributed by atoms with Crippen molar-refractivity contribution >= 4 is 17.2 Å². The van der Waals surface area contributed by atoms with Gasteiger partial charge < -0.3 is 15.5 Å². The summed E-state index contributed by atoms with van der Waals surface area (Å²) in [5.41, 5.74) is 7.33. The monoisotopic (exact) mass is 279 g/mol. The van der Waals surface area contributed by atoms with Crippen molar-refractivity contribution in [3.05, 3.63) is 29.7 Å². The quantitative estimate of drug-likeness (QED) is 0.845. The molecule has 0 aromatic carbocycles. The third-order valence-electron chi connectivity index (χ3n) is 2.58. The lowest BCUT2D eigenvalue weighted by molar-refractivity contribution is -0.120. The van der Waals surface area contributed by atoms with E-state index in [-0.39, 0.29) is 11.9 Å². The van der Waals surface area contributed by atoms with E-state index in [0.717, 1.165) is 22.7 Å². The van der Waals surface area contributed by atoms with Gasteiger partial charge in [-0.1, -0.05) is 0 Å². The normalized spacial score (nSPS) is 12.3. The van der Waals surface area contributed by atoms with Crippen LogP contribution in [0.1, 0.15) is 19.0 Å². The van der Waals surface area contributed by atoms with Crippen LogP contribution in [0.5, 0.6) is 0 Å². The Hall–Kier alpha value is -1.66. The molecule has 0 fully saturated rings. The maximum absolute atomic E-state index is 11.7. The lowest BCUT2D eigenvalue weighted by Gasteiger charge is -2.06. The van der Waals surface area contributed by atoms with Crippen LogP contribution in [-0.2, 0) is 11.2 Å². The third-order valence-corrected chi connectivity index (χ3v) is 3.52. The minimum atomic E-state index is -0.0234. The minimum Gasteiger partial charge on any atom is -0.472 e. The van der Waals surface area contributed by atoms with Gasteiger partial charge in [-0.25, -0.2) is 4.98 Å². The van der Waals surface area contributed by atoms with Crippen LogP contribution in [0.4, 0.5) is 0 Å². The van der Waals surface area contributed by atoms with E-state index in [1.807, 2.05) is 18.4 Å². The molecule has 6 heteroatoms. The van der Waals surface area contributed by atoms with Crippen LogP contribution in [-0.4, -0.2) is 23.5 Å². The van der Waals surface area contributed by atoms with Crippen LogP contribution in [0.15, 0.2) is 28.4 Å². The standard InChI is InChI=1S/C13H17N3O2S/c1-9(14)2-4-15-12(17)6-11-8-19-13(16-11)10-3-5-18-7-10/h3,5,7-9H,2,4,6,14H2,1H3,(H,15,17). The van der Waals surface area contributed by atoms with Crippen LogP contribution < -0.4 is 11.1 Å². The van der Waals surface area contributed by atoms with Crippen LogP contribution in [0, 0.1) is 0 Å². The van der Waals surface area contributed by atoms with Crippen molar-refractivity contribution in [3.63, 3.8) is 0 Å². The van der Waals surface area contributed by atoms with Crippen molar-refractivity contribution in [1.29, 1.82) is 0 Å². The zero-order chi connectivity index (χ0) is 13.7. The van der Waals surface area contributed by atoms with Gasteiger partial charge in [-0.15, -0.1) is 11.3 Å². The number of thiazole rings is 1. The number of furan rings is 1. The molecule has 19 heavy (non-hydrogen) atoms. The summed E-state index contributed by atoms with van der Waals surface area (Å²) in [6, 6.07) is 1.96. The molecule has 1 amide bonds. The summed E-state index contributed by atoms with van der Waals surface area (Å²) in [5.74, 6) is -0.0234. The van der Waals surface area contributed by atoms with Crippen molar-refractivity contribution in [3.8, 4) is 10.6 Å². The molecule has 0 saturated carbocycles. The summed E-state index contributed by atoms with van der Waals surface area (Å²) in [5, 5.41) is 5.60.